The normalized spacial score (nSPS) is 16.1. The van der Waals surface area contributed by atoms with E-state index in [0.717, 1.165) is 24.5 Å². The minimum Gasteiger partial charge on any atom is -0.366 e. The highest BCUT2D eigenvalue weighted by molar-refractivity contribution is 5.99. The van der Waals surface area contributed by atoms with Crippen LogP contribution in [0.3, 0.4) is 0 Å². The van der Waals surface area contributed by atoms with Crippen LogP contribution in [0.15, 0.2) is 42.5 Å². The maximum Gasteiger partial charge on any atom is 0.254 e. The van der Waals surface area contributed by atoms with Crippen molar-refractivity contribution in [3.8, 4) is 0 Å². The van der Waals surface area contributed by atoms with Crippen LogP contribution in [0.2, 0.25) is 0 Å². The van der Waals surface area contributed by atoms with Gasteiger partial charge in [0.05, 0.1) is 11.6 Å². The van der Waals surface area contributed by atoms with Crippen LogP contribution in [0, 0.1) is 5.82 Å². The summed E-state index contributed by atoms with van der Waals surface area (Å²) in [5.74, 6) is -1.91. The number of aryl methyl sites for hydroxylation is 1. The number of carbonyl (C=O) groups excluding carboxylic acids is 2. The van der Waals surface area contributed by atoms with E-state index in [1.165, 1.54) is 17.7 Å². The van der Waals surface area contributed by atoms with Gasteiger partial charge < -0.3 is 11.1 Å². The molecule has 1 aliphatic rings. The molecule has 1 aliphatic carbocycles. The summed E-state index contributed by atoms with van der Waals surface area (Å²) in [5, 5.41) is 2.83. The maximum absolute atomic E-state index is 13.8. The number of nitrogens with one attached hydrogen (secondary N) is 1. The Balaban J connectivity index is 1.84. The smallest absolute Gasteiger partial charge is 0.254 e. The monoisotopic (exact) mass is 298 g/mol. The van der Waals surface area contributed by atoms with Crippen molar-refractivity contribution in [1.29, 1.82) is 0 Å². The zero-order valence-corrected chi connectivity index (χ0v) is 11.8. The first-order chi connectivity index (χ1) is 10.6. The first kappa shape index (κ1) is 14.3. The van der Waals surface area contributed by atoms with Crippen molar-refractivity contribution in [3.63, 3.8) is 0 Å². The molecule has 5 heteroatoms. The number of fused-ring (bicyclic) bond motifs is 1. The third kappa shape index (κ3) is 2.57. The third-order valence-corrected chi connectivity index (χ3v) is 3.93. The number of carbonyl (C=O) groups is 2. The lowest BCUT2D eigenvalue weighted by atomic mass is 10.1. The van der Waals surface area contributed by atoms with Crippen LogP contribution >= 0.6 is 0 Å². The van der Waals surface area contributed by atoms with Crippen molar-refractivity contribution >= 4 is 11.8 Å². The molecule has 0 spiro atoms. The highest BCUT2D eigenvalue weighted by Gasteiger charge is 2.25. The molecule has 2 aromatic rings. The minimum absolute atomic E-state index is 0.110. The molecular weight excluding hydrogens is 283 g/mol. The van der Waals surface area contributed by atoms with Gasteiger partial charge in [0.25, 0.3) is 5.91 Å². The Hall–Kier alpha value is -2.69. The molecule has 0 aliphatic heterocycles. The molecule has 112 valence electrons. The van der Waals surface area contributed by atoms with Crippen molar-refractivity contribution in [2.24, 2.45) is 5.73 Å². The van der Waals surface area contributed by atoms with E-state index in [4.69, 9.17) is 5.73 Å². The van der Waals surface area contributed by atoms with E-state index in [2.05, 4.69) is 5.32 Å². The number of nitrogens with two attached hydrogens (primary N) is 1. The predicted molar refractivity (Wildman–Crippen MR) is 79.9 cm³/mol. The maximum atomic E-state index is 13.8. The second-order valence-electron chi connectivity index (χ2n) is 5.32. The second kappa shape index (κ2) is 5.60. The van der Waals surface area contributed by atoms with Gasteiger partial charge in [0.2, 0.25) is 5.91 Å². The summed E-state index contributed by atoms with van der Waals surface area (Å²) in [5.41, 5.74) is 7.36. The van der Waals surface area contributed by atoms with Crippen LogP contribution < -0.4 is 11.1 Å². The molecule has 0 saturated carbocycles. The molecule has 2 aromatic carbocycles. The van der Waals surface area contributed by atoms with Crippen LogP contribution in [-0.2, 0) is 6.42 Å². The quantitative estimate of drug-likeness (QED) is 0.913. The number of hydrogen-bond acceptors (Lipinski definition) is 2. The van der Waals surface area contributed by atoms with Crippen molar-refractivity contribution in [2.45, 2.75) is 18.9 Å². The molecule has 0 fully saturated rings. The molecule has 0 heterocycles. The lowest BCUT2D eigenvalue weighted by molar-refractivity contribution is 0.0932. The number of benzene rings is 2. The van der Waals surface area contributed by atoms with E-state index in [-0.39, 0.29) is 17.2 Å². The number of primary amides is 1. The molecule has 0 bridgehead atoms. The number of amides is 2. The Kier molecular flexibility index (Phi) is 3.63. The predicted octanol–water partition coefficient (Wildman–Crippen LogP) is 2.34. The van der Waals surface area contributed by atoms with Crippen LogP contribution in [0.25, 0.3) is 0 Å². The lowest BCUT2D eigenvalue weighted by Gasteiger charge is -2.14. The fourth-order valence-electron chi connectivity index (χ4n) is 2.80. The summed E-state index contributed by atoms with van der Waals surface area (Å²) in [6, 6.07) is 11.3. The standard InChI is InChI=1S/C17H15FN2O2/c18-14-7-5-11(16(19)21)9-13(14)17(22)20-15-8-6-10-3-1-2-4-12(10)15/h1-5,7,9,15H,6,8H2,(H2,19,21)(H,20,22)/t15-/m0/s1. The number of rotatable bonds is 3. The van der Waals surface area contributed by atoms with Gasteiger partial charge in [-0.05, 0) is 42.2 Å². The van der Waals surface area contributed by atoms with Crippen LogP contribution in [0.1, 0.15) is 44.3 Å². The van der Waals surface area contributed by atoms with Crippen LogP contribution in [0.5, 0.6) is 0 Å². The second-order valence-corrected chi connectivity index (χ2v) is 5.32. The summed E-state index contributed by atoms with van der Waals surface area (Å²) in [6.07, 6.45) is 1.66. The average Bonchev–Trinajstić information content (AvgIpc) is 2.90. The molecule has 0 radical (unpaired) electrons. The first-order valence-corrected chi connectivity index (χ1v) is 7.04. The summed E-state index contributed by atoms with van der Waals surface area (Å²) in [6.45, 7) is 0. The van der Waals surface area contributed by atoms with Crippen LogP contribution in [0.4, 0.5) is 4.39 Å². The van der Waals surface area contributed by atoms with E-state index >= 15 is 0 Å². The molecule has 0 aromatic heterocycles. The van der Waals surface area contributed by atoms with Crippen LogP contribution in [-0.4, -0.2) is 11.8 Å². The van der Waals surface area contributed by atoms with Gasteiger partial charge in [-0.25, -0.2) is 4.39 Å². The van der Waals surface area contributed by atoms with Gasteiger partial charge >= 0.3 is 0 Å². The Morgan fingerprint density at radius 2 is 1.95 bits per heavy atom. The topological polar surface area (TPSA) is 72.2 Å². The number of hydrogen-bond donors (Lipinski definition) is 2. The molecule has 0 unspecified atom stereocenters. The summed E-state index contributed by atoms with van der Waals surface area (Å²) >= 11 is 0. The molecule has 3 N–H and O–H groups in total. The third-order valence-electron chi connectivity index (χ3n) is 3.93. The first-order valence-electron chi connectivity index (χ1n) is 7.04. The Morgan fingerprint density at radius 1 is 1.18 bits per heavy atom. The summed E-state index contributed by atoms with van der Waals surface area (Å²) in [4.78, 5) is 23.5. The van der Waals surface area contributed by atoms with Gasteiger partial charge in [0, 0.05) is 5.56 Å². The fraction of sp³-hybridized carbons (Fsp3) is 0.176. The van der Waals surface area contributed by atoms with Crippen molar-refractivity contribution in [2.75, 3.05) is 0 Å². The molecule has 4 nitrogen and oxygen atoms in total. The largest absolute Gasteiger partial charge is 0.366 e. The Morgan fingerprint density at radius 3 is 2.73 bits per heavy atom. The molecule has 3 rings (SSSR count). The fourth-order valence-corrected chi connectivity index (χ4v) is 2.80. The molecule has 2 amide bonds. The van der Waals surface area contributed by atoms with Gasteiger partial charge in [-0.1, -0.05) is 24.3 Å². The van der Waals surface area contributed by atoms with E-state index in [0.29, 0.717) is 0 Å². The van der Waals surface area contributed by atoms with Crippen molar-refractivity contribution < 1.29 is 14.0 Å². The molecule has 1 atom stereocenters. The SMILES string of the molecule is NC(=O)c1ccc(F)c(C(=O)N[C@H]2CCc3ccccc32)c1. The Bertz CT molecular complexity index is 758. The summed E-state index contributed by atoms with van der Waals surface area (Å²) < 4.78 is 13.8. The minimum atomic E-state index is -0.694. The van der Waals surface area contributed by atoms with E-state index in [1.54, 1.807) is 0 Å². The van der Waals surface area contributed by atoms with Gasteiger partial charge in [-0.3, -0.25) is 9.59 Å². The lowest BCUT2D eigenvalue weighted by Crippen LogP contribution is -2.28. The van der Waals surface area contributed by atoms with Crippen molar-refractivity contribution in [1.82, 2.24) is 5.32 Å². The Labute approximate surface area is 127 Å². The molecule has 0 saturated heterocycles. The molecule has 22 heavy (non-hydrogen) atoms. The van der Waals surface area contributed by atoms with E-state index in [9.17, 15) is 14.0 Å². The van der Waals surface area contributed by atoms with E-state index < -0.39 is 17.6 Å². The van der Waals surface area contributed by atoms with Gasteiger partial charge in [-0.2, -0.15) is 0 Å². The highest BCUT2D eigenvalue weighted by atomic mass is 19.1. The van der Waals surface area contributed by atoms with E-state index in [1.807, 2.05) is 24.3 Å². The van der Waals surface area contributed by atoms with Gasteiger partial charge in [-0.15, -0.1) is 0 Å². The highest BCUT2D eigenvalue weighted by Crippen LogP contribution is 2.31. The average molecular weight is 298 g/mol. The van der Waals surface area contributed by atoms with Crippen molar-refractivity contribution in [3.05, 3.63) is 70.5 Å². The van der Waals surface area contributed by atoms with Gasteiger partial charge in [0.15, 0.2) is 0 Å². The number of halogens is 1. The summed E-state index contributed by atoms with van der Waals surface area (Å²) in [7, 11) is 0. The molecular formula is C17H15FN2O2. The zero-order valence-electron chi connectivity index (χ0n) is 11.8. The van der Waals surface area contributed by atoms with Gasteiger partial charge in [0.1, 0.15) is 5.82 Å². The zero-order chi connectivity index (χ0) is 15.7.